The van der Waals surface area contributed by atoms with Crippen molar-refractivity contribution in [1.82, 2.24) is 19.7 Å². The normalized spacial score (nSPS) is 10.6. The summed E-state index contributed by atoms with van der Waals surface area (Å²) in [6.45, 7) is 0. The molecule has 2 heterocycles. The molecule has 0 saturated heterocycles. The molecule has 6 nitrogen and oxygen atoms in total. The smallest absolute Gasteiger partial charge is 0.272 e. The van der Waals surface area contributed by atoms with E-state index in [1.165, 1.54) is 6.33 Å². The number of amides is 1. The Morgan fingerprint density at radius 3 is 2.90 bits per heavy atom. The van der Waals surface area contributed by atoms with Crippen LogP contribution in [-0.2, 0) is 0 Å². The molecule has 2 aromatic heterocycles. The summed E-state index contributed by atoms with van der Waals surface area (Å²) in [6.07, 6.45) is 4.65. The van der Waals surface area contributed by atoms with Gasteiger partial charge in [0.15, 0.2) is 0 Å². The van der Waals surface area contributed by atoms with Gasteiger partial charge in [0.05, 0.1) is 11.4 Å². The lowest BCUT2D eigenvalue weighted by Crippen LogP contribution is -2.14. The van der Waals surface area contributed by atoms with Gasteiger partial charge >= 0.3 is 0 Å². The molecule has 0 unspecified atom stereocenters. The fraction of sp³-hybridized carbons (Fsp3) is 0. The maximum absolute atomic E-state index is 12.2. The third-order valence-electron chi connectivity index (χ3n) is 2.76. The topological polar surface area (TPSA) is 75.6 Å². The van der Waals surface area contributed by atoms with Crippen LogP contribution in [0.25, 0.3) is 5.69 Å². The summed E-state index contributed by atoms with van der Waals surface area (Å²) in [5, 5.41) is 7.38. The molecule has 0 aliphatic carbocycles. The largest absolute Gasteiger partial charge is 0.356 e. The molecular weight excluding hydrogens is 358 g/mol. The highest BCUT2D eigenvalue weighted by Crippen LogP contribution is 2.24. The van der Waals surface area contributed by atoms with E-state index in [1.807, 2.05) is 0 Å². The van der Waals surface area contributed by atoms with Crippen molar-refractivity contribution in [2.45, 2.75) is 0 Å². The molecule has 0 radical (unpaired) electrons. The van der Waals surface area contributed by atoms with Gasteiger partial charge in [0.2, 0.25) is 0 Å². The number of carbonyl (C=O) groups is 1. The standard InChI is InChI=1S/C13H9BrClN5O/c14-8-3-11(17-5-8)13(21)19-10-4-9(15)1-2-12(10)20-7-16-6-18-20/h1-7,17H,(H,19,21). The van der Waals surface area contributed by atoms with Gasteiger partial charge in [-0.1, -0.05) is 11.6 Å². The van der Waals surface area contributed by atoms with E-state index in [9.17, 15) is 4.79 Å². The lowest BCUT2D eigenvalue weighted by molar-refractivity contribution is 0.102. The van der Waals surface area contributed by atoms with Crippen LogP contribution in [0.3, 0.4) is 0 Å². The second kappa shape index (κ2) is 5.71. The zero-order valence-electron chi connectivity index (χ0n) is 10.5. The van der Waals surface area contributed by atoms with Gasteiger partial charge in [-0.3, -0.25) is 4.79 Å². The van der Waals surface area contributed by atoms with Crippen LogP contribution >= 0.6 is 27.5 Å². The Kier molecular flexibility index (Phi) is 3.76. The van der Waals surface area contributed by atoms with Crippen LogP contribution in [-0.4, -0.2) is 25.7 Å². The SMILES string of the molecule is O=C(Nc1cc(Cl)ccc1-n1cncn1)c1cc(Br)c[nH]1. The fourth-order valence-electron chi connectivity index (χ4n) is 1.83. The minimum Gasteiger partial charge on any atom is -0.356 e. The molecule has 21 heavy (non-hydrogen) atoms. The molecule has 0 aliphatic rings. The lowest BCUT2D eigenvalue weighted by atomic mass is 10.2. The molecule has 1 aromatic carbocycles. The van der Waals surface area contributed by atoms with Crippen molar-refractivity contribution in [3.63, 3.8) is 0 Å². The Hall–Kier alpha value is -2.12. The van der Waals surface area contributed by atoms with Crippen LogP contribution in [0.5, 0.6) is 0 Å². The predicted molar refractivity (Wildman–Crippen MR) is 82.8 cm³/mol. The van der Waals surface area contributed by atoms with Gasteiger partial charge in [-0.15, -0.1) is 0 Å². The van der Waals surface area contributed by atoms with Gasteiger partial charge in [0, 0.05) is 15.7 Å². The zero-order chi connectivity index (χ0) is 14.8. The van der Waals surface area contributed by atoms with Crippen molar-refractivity contribution in [2.75, 3.05) is 5.32 Å². The molecule has 0 saturated carbocycles. The predicted octanol–water partition coefficient (Wildman–Crippen LogP) is 3.26. The maximum atomic E-state index is 12.2. The van der Waals surface area contributed by atoms with Gasteiger partial charge in [0.25, 0.3) is 5.91 Å². The quantitative estimate of drug-likeness (QED) is 0.747. The van der Waals surface area contributed by atoms with Crippen LogP contribution in [0.15, 0.2) is 47.6 Å². The van der Waals surface area contributed by atoms with Crippen LogP contribution < -0.4 is 5.32 Å². The number of benzene rings is 1. The van der Waals surface area contributed by atoms with Crippen LogP contribution in [0.2, 0.25) is 5.02 Å². The summed E-state index contributed by atoms with van der Waals surface area (Å²) in [6, 6.07) is 6.83. The molecule has 3 rings (SSSR count). The first kappa shape index (κ1) is 13.8. The number of aromatic amines is 1. The molecule has 0 spiro atoms. The minimum absolute atomic E-state index is 0.274. The molecule has 106 valence electrons. The fourth-order valence-corrected chi connectivity index (χ4v) is 2.34. The minimum atomic E-state index is -0.274. The number of carbonyl (C=O) groups excluding carboxylic acids is 1. The third-order valence-corrected chi connectivity index (χ3v) is 3.46. The second-order valence-corrected chi connectivity index (χ2v) is 5.54. The van der Waals surface area contributed by atoms with E-state index in [0.717, 1.165) is 4.47 Å². The van der Waals surface area contributed by atoms with Crippen LogP contribution in [0, 0.1) is 0 Å². The maximum Gasteiger partial charge on any atom is 0.272 e. The summed E-state index contributed by atoms with van der Waals surface area (Å²) >= 11 is 9.29. The van der Waals surface area contributed by atoms with Gasteiger partial charge < -0.3 is 10.3 Å². The van der Waals surface area contributed by atoms with E-state index < -0.39 is 0 Å². The summed E-state index contributed by atoms with van der Waals surface area (Å²) in [7, 11) is 0. The molecule has 1 amide bonds. The number of hydrogen-bond acceptors (Lipinski definition) is 3. The average Bonchev–Trinajstić information content (AvgIpc) is 3.10. The van der Waals surface area contributed by atoms with Gasteiger partial charge in [-0.2, -0.15) is 5.10 Å². The van der Waals surface area contributed by atoms with Gasteiger partial charge in [0.1, 0.15) is 18.3 Å². The molecule has 0 aliphatic heterocycles. The van der Waals surface area contributed by atoms with Gasteiger partial charge in [-0.25, -0.2) is 9.67 Å². The number of anilines is 1. The van der Waals surface area contributed by atoms with Crippen molar-refractivity contribution in [3.05, 3.63) is 58.3 Å². The number of aromatic nitrogens is 4. The summed E-state index contributed by atoms with van der Waals surface area (Å²) in [5.41, 5.74) is 1.66. The van der Waals surface area contributed by atoms with E-state index in [4.69, 9.17) is 11.6 Å². The van der Waals surface area contributed by atoms with E-state index in [2.05, 4.69) is 36.3 Å². The molecule has 0 bridgehead atoms. The highest BCUT2D eigenvalue weighted by molar-refractivity contribution is 9.10. The van der Waals surface area contributed by atoms with Crippen molar-refractivity contribution in [3.8, 4) is 5.69 Å². The molecular formula is C13H9BrClN5O. The van der Waals surface area contributed by atoms with E-state index in [-0.39, 0.29) is 5.91 Å². The molecule has 8 heteroatoms. The second-order valence-electron chi connectivity index (χ2n) is 4.19. The van der Waals surface area contributed by atoms with Crippen molar-refractivity contribution < 1.29 is 4.79 Å². The molecule has 2 N–H and O–H groups in total. The first-order chi connectivity index (χ1) is 10.1. The summed E-state index contributed by atoms with van der Waals surface area (Å²) in [4.78, 5) is 19.0. The molecule has 3 aromatic rings. The Morgan fingerprint density at radius 1 is 1.38 bits per heavy atom. The number of hydrogen-bond donors (Lipinski definition) is 2. The Balaban J connectivity index is 1.94. The monoisotopic (exact) mass is 365 g/mol. The van der Waals surface area contributed by atoms with Gasteiger partial charge in [-0.05, 0) is 40.2 Å². The number of nitrogens with one attached hydrogen (secondary N) is 2. The first-order valence-corrected chi connectivity index (χ1v) is 7.10. The Morgan fingerprint density at radius 2 is 2.24 bits per heavy atom. The lowest BCUT2D eigenvalue weighted by Gasteiger charge is -2.10. The Bertz CT molecular complexity index is 784. The van der Waals surface area contributed by atoms with Crippen LogP contribution in [0.1, 0.15) is 10.5 Å². The van der Waals surface area contributed by atoms with Crippen molar-refractivity contribution >= 4 is 39.1 Å². The zero-order valence-corrected chi connectivity index (χ0v) is 12.9. The van der Waals surface area contributed by atoms with E-state index in [0.29, 0.717) is 22.1 Å². The third kappa shape index (κ3) is 2.98. The highest BCUT2D eigenvalue weighted by Gasteiger charge is 2.13. The van der Waals surface area contributed by atoms with E-state index >= 15 is 0 Å². The first-order valence-electron chi connectivity index (χ1n) is 5.93. The number of halogens is 2. The number of H-pyrrole nitrogens is 1. The summed E-state index contributed by atoms with van der Waals surface area (Å²) in [5.74, 6) is -0.274. The number of rotatable bonds is 3. The van der Waals surface area contributed by atoms with Crippen LogP contribution in [0.4, 0.5) is 5.69 Å². The van der Waals surface area contributed by atoms with Crippen molar-refractivity contribution in [1.29, 1.82) is 0 Å². The molecule has 0 atom stereocenters. The Labute approximate surface area is 133 Å². The summed E-state index contributed by atoms with van der Waals surface area (Å²) < 4.78 is 2.35. The number of nitrogens with zero attached hydrogens (tertiary/aromatic N) is 3. The average molecular weight is 367 g/mol. The van der Waals surface area contributed by atoms with E-state index in [1.54, 1.807) is 41.5 Å². The molecule has 0 fully saturated rings. The van der Waals surface area contributed by atoms with Crippen molar-refractivity contribution in [2.24, 2.45) is 0 Å². The highest BCUT2D eigenvalue weighted by atomic mass is 79.9.